The van der Waals surface area contributed by atoms with E-state index >= 15 is 0 Å². The average molecular weight is 272 g/mol. The first-order valence-corrected chi connectivity index (χ1v) is 7.51. The number of benzene rings is 2. The summed E-state index contributed by atoms with van der Waals surface area (Å²) in [6, 6.07) is 16.7. The Hall–Kier alpha value is -2.44. The van der Waals surface area contributed by atoms with Gasteiger partial charge in [0.05, 0.1) is 0 Å². The van der Waals surface area contributed by atoms with Crippen molar-refractivity contribution < 1.29 is 0 Å². The van der Waals surface area contributed by atoms with Gasteiger partial charge in [0, 0.05) is 11.1 Å². The van der Waals surface area contributed by atoms with Crippen LogP contribution in [0.3, 0.4) is 0 Å². The first-order chi connectivity index (χ1) is 10.3. The third-order valence-electron chi connectivity index (χ3n) is 3.33. The summed E-state index contributed by atoms with van der Waals surface area (Å²) in [5, 5.41) is 0. The molecule has 2 aromatic rings. The van der Waals surface area contributed by atoms with Crippen LogP contribution >= 0.6 is 0 Å². The molecule has 2 aromatic carbocycles. The number of aryl methyl sites for hydroxylation is 2. The molecule has 0 nitrogen and oxygen atoms in total. The van der Waals surface area contributed by atoms with Crippen LogP contribution in [-0.4, -0.2) is 0 Å². The summed E-state index contributed by atoms with van der Waals surface area (Å²) < 4.78 is 0. The highest BCUT2D eigenvalue weighted by atomic mass is 14.0. The van der Waals surface area contributed by atoms with Crippen LogP contribution in [0.2, 0.25) is 0 Å². The van der Waals surface area contributed by atoms with Crippen LogP contribution in [0.15, 0.2) is 48.5 Å². The fraction of sp³-hybridized carbons (Fsp3) is 0.238. The van der Waals surface area contributed by atoms with Gasteiger partial charge in [-0.15, -0.1) is 0 Å². The third-order valence-corrected chi connectivity index (χ3v) is 3.33. The van der Waals surface area contributed by atoms with Gasteiger partial charge in [0.25, 0.3) is 0 Å². The second-order valence-corrected chi connectivity index (χ2v) is 5.00. The van der Waals surface area contributed by atoms with Gasteiger partial charge in [-0.25, -0.2) is 0 Å². The van der Waals surface area contributed by atoms with E-state index in [9.17, 15) is 0 Å². The molecule has 21 heavy (non-hydrogen) atoms. The van der Waals surface area contributed by atoms with E-state index in [1.807, 2.05) is 12.1 Å². The zero-order chi connectivity index (χ0) is 14.9. The van der Waals surface area contributed by atoms with Crippen molar-refractivity contribution in [1.29, 1.82) is 0 Å². The zero-order valence-corrected chi connectivity index (χ0v) is 12.7. The van der Waals surface area contributed by atoms with E-state index in [1.165, 1.54) is 17.5 Å². The van der Waals surface area contributed by atoms with Crippen molar-refractivity contribution in [1.82, 2.24) is 0 Å². The van der Waals surface area contributed by atoms with Gasteiger partial charge >= 0.3 is 0 Å². The van der Waals surface area contributed by atoms with E-state index in [-0.39, 0.29) is 0 Å². The van der Waals surface area contributed by atoms with Crippen molar-refractivity contribution in [2.24, 2.45) is 0 Å². The molecule has 104 valence electrons. The highest BCUT2D eigenvalue weighted by Crippen LogP contribution is 2.05. The van der Waals surface area contributed by atoms with Gasteiger partial charge in [-0.3, -0.25) is 0 Å². The molecule has 0 aliphatic heterocycles. The summed E-state index contributed by atoms with van der Waals surface area (Å²) in [5.41, 5.74) is 4.73. The maximum absolute atomic E-state index is 3.08. The Balaban J connectivity index is 2.01. The Bertz CT molecular complexity index is 680. The molecule has 0 saturated heterocycles. The largest absolute Gasteiger partial charge is 0.0651 e. The Labute approximate surface area is 128 Å². The van der Waals surface area contributed by atoms with Crippen LogP contribution in [0.1, 0.15) is 42.5 Å². The molecule has 0 heteroatoms. The minimum atomic E-state index is 1.01. The van der Waals surface area contributed by atoms with Gasteiger partial charge < -0.3 is 0 Å². The molecule has 2 rings (SSSR count). The fourth-order valence-corrected chi connectivity index (χ4v) is 2.07. The van der Waals surface area contributed by atoms with Crippen molar-refractivity contribution in [3.63, 3.8) is 0 Å². The topological polar surface area (TPSA) is 0 Å². The number of hydrogen-bond acceptors (Lipinski definition) is 0. The number of rotatable bonds is 3. The molecule has 0 radical (unpaired) electrons. The normalized spacial score (nSPS) is 9.24. The molecule has 0 aliphatic carbocycles. The first kappa shape index (κ1) is 15.0. The van der Waals surface area contributed by atoms with Crippen LogP contribution < -0.4 is 0 Å². The van der Waals surface area contributed by atoms with E-state index in [4.69, 9.17) is 0 Å². The van der Waals surface area contributed by atoms with E-state index in [0.29, 0.717) is 0 Å². The Morgan fingerprint density at radius 2 is 1.14 bits per heavy atom. The monoisotopic (exact) mass is 272 g/mol. The molecular weight excluding hydrogens is 252 g/mol. The first-order valence-electron chi connectivity index (χ1n) is 7.51. The van der Waals surface area contributed by atoms with Crippen LogP contribution in [0, 0.1) is 23.7 Å². The zero-order valence-electron chi connectivity index (χ0n) is 12.7. The predicted molar refractivity (Wildman–Crippen MR) is 90.0 cm³/mol. The molecule has 0 amide bonds. The summed E-state index contributed by atoms with van der Waals surface area (Å²) >= 11 is 0. The molecule has 0 spiro atoms. The van der Waals surface area contributed by atoms with Crippen molar-refractivity contribution in [3.05, 3.63) is 70.8 Å². The van der Waals surface area contributed by atoms with Gasteiger partial charge in [-0.2, -0.15) is 0 Å². The summed E-state index contributed by atoms with van der Waals surface area (Å²) in [7, 11) is 0. The van der Waals surface area contributed by atoms with E-state index in [1.54, 1.807) is 0 Å². The van der Waals surface area contributed by atoms with Gasteiger partial charge in [0.15, 0.2) is 0 Å². The van der Waals surface area contributed by atoms with Crippen LogP contribution in [0.5, 0.6) is 0 Å². The van der Waals surface area contributed by atoms with Gasteiger partial charge in [-0.1, -0.05) is 56.4 Å². The quantitative estimate of drug-likeness (QED) is 0.716. The molecule has 0 fully saturated rings. The minimum absolute atomic E-state index is 1.01. The lowest BCUT2D eigenvalue weighted by atomic mass is 10.1. The van der Waals surface area contributed by atoms with Crippen molar-refractivity contribution >= 4 is 0 Å². The number of hydrogen-bond donors (Lipinski definition) is 0. The highest BCUT2D eigenvalue weighted by Gasteiger charge is 1.90. The van der Waals surface area contributed by atoms with E-state index < -0.39 is 0 Å². The Morgan fingerprint density at radius 3 is 1.57 bits per heavy atom. The average Bonchev–Trinajstić information content (AvgIpc) is 2.54. The second kappa shape index (κ2) is 7.98. The lowest BCUT2D eigenvalue weighted by molar-refractivity contribution is 0.922. The van der Waals surface area contributed by atoms with Gasteiger partial charge in [0.2, 0.25) is 0 Å². The Morgan fingerprint density at radius 1 is 0.667 bits per heavy atom. The van der Waals surface area contributed by atoms with Crippen LogP contribution in [0.25, 0.3) is 0 Å². The maximum Gasteiger partial charge on any atom is 0.0255 e. The van der Waals surface area contributed by atoms with Gasteiger partial charge in [-0.05, 0) is 60.1 Å². The maximum atomic E-state index is 3.08. The standard InChI is InChI=1S/C21H20/c1-3-7-19-14-16-21(17-15-19)9-6-5-8-20-12-10-18(4-2)11-13-20/h10-17H,3-4,7H2,1-2H3. The molecule has 0 saturated carbocycles. The van der Waals surface area contributed by atoms with E-state index in [2.05, 4.69) is 73.9 Å². The molecular formula is C21H20. The molecule has 0 atom stereocenters. The summed E-state index contributed by atoms with van der Waals surface area (Å²) in [6.45, 7) is 4.34. The Kier molecular flexibility index (Phi) is 5.69. The smallest absolute Gasteiger partial charge is 0.0255 e. The lowest BCUT2D eigenvalue weighted by Gasteiger charge is -1.97. The van der Waals surface area contributed by atoms with Crippen LogP contribution in [0.4, 0.5) is 0 Å². The molecule has 0 bridgehead atoms. The second-order valence-electron chi connectivity index (χ2n) is 5.00. The minimum Gasteiger partial charge on any atom is -0.0651 e. The molecule has 0 heterocycles. The van der Waals surface area contributed by atoms with Gasteiger partial charge in [0.1, 0.15) is 0 Å². The van der Waals surface area contributed by atoms with Crippen molar-refractivity contribution in [2.75, 3.05) is 0 Å². The molecule has 0 unspecified atom stereocenters. The predicted octanol–water partition coefficient (Wildman–Crippen LogP) is 4.60. The SMILES string of the molecule is CCCc1ccc(C#CC#Cc2ccc(CC)cc2)cc1. The molecule has 0 N–H and O–H groups in total. The highest BCUT2D eigenvalue weighted by molar-refractivity contribution is 5.45. The molecule has 0 aliphatic rings. The van der Waals surface area contributed by atoms with Crippen molar-refractivity contribution in [2.45, 2.75) is 33.1 Å². The van der Waals surface area contributed by atoms with Crippen molar-refractivity contribution in [3.8, 4) is 23.7 Å². The fourth-order valence-electron chi connectivity index (χ4n) is 2.07. The summed E-state index contributed by atoms with van der Waals surface area (Å²) in [4.78, 5) is 0. The summed E-state index contributed by atoms with van der Waals surface area (Å²) in [5.74, 6) is 12.0. The lowest BCUT2D eigenvalue weighted by Crippen LogP contribution is -1.82. The van der Waals surface area contributed by atoms with Crippen LogP contribution in [-0.2, 0) is 12.8 Å². The molecule has 0 aromatic heterocycles. The third kappa shape index (κ3) is 4.87. The van der Waals surface area contributed by atoms with E-state index in [0.717, 1.165) is 24.0 Å². The summed E-state index contributed by atoms with van der Waals surface area (Å²) in [6.07, 6.45) is 3.36.